The Hall–Kier alpha value is -2.37. The van der Waals surface area contributed by atoms with Gasteiger partial charge in [-0.2, -0.15) is 5.10 Å². The fourth-order valence-electron chi connectivity index (χ4n) is 1.52. The molecular formula is C11H9FN2O3. The Morgan fingerprint density at radius 3 is 2.76 bits per heavy atom. The molecule has 0 aliphatic heterocycles. The molecule has 0 saturated heterocycles. The van der Waals surface area contributed by atoms with Gasteiger partial charge in [-0.25, -0.2) is 9.18 Å². The fourth-order valence-corrected chi connectivity index (χ4v) is 1.52. The van der Waals surface area contributed by atoms with Crippen LogP contribution in [0, 0.1) is 5.82 Å². The minimum Gasteiger partial charge on any atom is -0.504 e. The number of rotatable bonds is 2. The number of hydrogen-bond acceptors (Lipinski definition) is 3. The summed E-state index contributed by atoms with van der Waals surface area (Å²) in [5.74, 6) is -2.45. The molecule has 0 radical (unpaired) electrons. The summed E-state index contributed by atoms with van der Waals surface area (Å²) in [5.41, 5.74) is 0.332. The number of aryl methyl sites for hydroxylation is 1. The van der Waals surface area contributed by atoms with E-state index >= 15 is 0 Å². The third kappa shape index (κ3) is 1.84. The topological polar surface area (TPSA) is 75.3 Å². The SMILES string of the molecule is Cn1nc(-c2cccc(F)c2O)cc1C(=O)O. The largest absolute Gasteiger partial charge is 0.504 e. The number of halogens is 1. The van der Waals surface area contributed by atoms with E-state index in [0.717, 1.165) is 10.7 Å². The van der Waals surface area contributed by atoms with Crippen molar-refractivity contribution in [1.29, 1.82) is 0 Å². The number of phenols is 1. The predicted molar refractivity (Wildman–Crippen MR) is 57.2 cm³/mol. The second-order valence-corrected chi connectivity index (χ2v) is 3.48. The first-order valence-corrected chi connectivity index (χ1v) is 4.76. The van der Waals surface area contributed by atoms with Crippen molar-refractivity contribution in [3.63, 3.8) is 0 Å². The molecule has 1 aromatic heterocycles. The van der Waals surface area contributed by atoms with Crippen LogP contribution in [0.1, 0.15) is 10.5 Å². The first-order valence-electron chi connectivity index (χ1n) is 4.76. The minimum absolute atomic E-state index is 0.0383. The zero-order chi connectivity index (χ0) is 12.6. The number of phenolic OH excluding ortho intramolecular Hbond substituents is 1. The van der Waals surface area contributed by atoms with Gasteiger partial charge >= 0.3 is 5.97 Å². The Kier molecular flexibility index (Phi) is 2.55. The van der Waals surface area contributed by atoms with Crippen LogP contribution in [-0.2, 0) is 7.05 Å². The maximum Gasteiger partial charge on any atom is 0.354 e. The summed E-state index contributed by atoms with van der Waals surface area (Å²) < 4.78 is 14.3. The number of carboxylic acid groups (broad SMARTS) is 1. The first-order chi connectivity index (χ1) is 8.00. The van der Waals surface area contributed by atoms with Gasteiger partial charge in [0.05, 0.1) is 5.69 Å². The number of aromatic nitrogens is 2. The molecule has 2 aromatic rings. The van der Waals surface area contributed by atoms with Gasteiger partial charge in [0.15, 0.2) is 11.6 Å². The molecule has 0 aliphatic carbocycles. The van der Waals surface area contributed by atoms with E-state index in [-0.39, 0.29) is 17.0 Å². The van der Waals surface area contributed by atoms with Gasteiger partial charge in [0, 0.05) is 12.6 Å². The zero-order valence-electron chi connectivity index (χ0n) is 8.88. The average Bonchev–Trinajstić information content (AvgIpc) is 2.64. The van der Waals surface area contributed by atoms with Crippen molar-refractivity contribution in [2.75, 3.05) is 0 Å². The normalized spacial score (nSPS) is 10.5. The lowest BCUT2D eigenvalue weighted by molar-refractivity contribution is 0.0685. The Morgan fingerprint density at radius 2 is 2.18 bits per heavy atom. The van der Waals surface area contributed by atoms with E-state index in [1.54, 1.807) is 0 Å². The van der Waals surface area contributed by atoms with Crippen LogP contribution in [0.25, 0.3) is 11.3 Å². The zero-order valence-corrected chi connectivity index (χ0v) is 8.88. The van der Waals surface area contributed by atoms with E-state index in [1.165, 1.54) is 25.2 Å². The number of aromatic carboxylic acids is 1. The maximum atomic E-state index is 13.1. The number of benzene rings is 1. The van der Waals surface area contributed by atoms with Crippen molar-refractivity contribution in [1.82, 2.24) is 9.78 Å². The molecule has 6 heteroatoms. The molecule has 0 saturated carbocycles. The number of carboxylic acids is 1. The summed E-state index contributed by atoms with van der Waals surface area (Å²) in [6.07, 6.45) is 0. The van der Waals surface area contributed by atoms with Gasteiger partial charge in [-0.1, -0.05) is 6.07 Å². The Morgan fingerprint density at radius 1 is 1.47 bits per heavy atom. The van der Waals surface area contributed by atoms with E-state index in [2.05, 4.69) is 5.10 Å². The lowest BCUT2D eigenvalue weighted by Gasteiger charge is -2.00. The van der Waals surface area contributed by atoms with Gasteiger partial charge in [0.1, 0.15) is 5.69 Å². The Bertz CT molecular complexity index is 592. The summed E-state index contributed by atoms with van der Waals surface area (Å²) in [6, 6.07) is 5.27. The molecule has 0 amide bonds. The van der Waals surface area contributed by atoms with E-state index in [0.29, 0.717) is 0 Å². The quantitative estimate of drug-likeness (QED) is 0.830. The molecule has 0 aliphatic rings. The highest BCUT2D eigenvalue weighted by Gasteiger charge is 2.16. The average molecular weight is 236 g/mol. The molecular weight excluding hydrogens is 227 g/mol. The van der Waals surface area contributed by atoms with E-state index in [9.17, 15) is 14.3 Å². The Labute approximate surface area is 95.7 Å². The molecule has 2 rings (SSSR count). The molecule has 0 bridgehead atoms. The summed E-state index contributed by atoms with van der Waals surface area (Å²) in [4.78, 5) is 10.8. The lowest BCUT2D eigenvalue weighted by atomic mass is 10.1. The highest BCUT2D eigenvalue weighted by molar-refractivity contribution is 5.87. The van der Waals surface area contributed by atoms with Crippen LogP contribution in [0.15, 0.2) is 24.3 Å². The van der Waals surface area contributed by atoms with Crippen molar-refractivity contribution in [2.24, 2.45) is 7.05 Å². The van der Waals surface area contributed by atoms with E-state index < -0.39 is 17.5 Å². The van der Waals surface area contributed by atoms with E-state index in [1.807, 2.05) is 0 Å². The van der Waals surface area contributed by atoms with Gasteiger partial charge in [-0.05, 0) is 18.2 Å². The van der Waals surface area contributed by atoms with Gasteiger partial charge in [0.25, 0.3) is 0 Å². The lowest BCUT2D eigenvalue weighted by Crippen LogP contribution is -2.04. The summed E-state index contributed by atoms with van der Waals surface area (Å²) in [5, 5.41) is 22.3. The Balaban J connectivity index is 2.58. The molecule has 2 N–H and O–H groups in total. The van der Waals surface area contributed by atoms with Gasteiger partial charge in [-0.3, -0.25) is 4.68 Å². The fraction of sp³-hybridized carbons (Fsp3) is 0.0909. The smallest absolute Gasteiger partial charge is 0.354 e. The third-order valence-electron chi connectivity index (χ3n) is 2.36. The highest BCUT2D eigenvalue weighted by atomic mass is 19.1. The van der Waals surface area contributed by atoms with Crippen molar-refractivity contribution < 1.29 is 19.4 Å². The predicted octanol–water partition coefficient (Wildman–Crippen LogP) is 1.63. The van der Waals surface area contributed by atoms with E-state index in [4.69, 9.17) is 5.11 Å². The van der Waals surface area contributed by atoms with Gasteiger partial charge in [0.2, 0.25) is 0 Å². The molecule has 0 fully saturated rings. The van der Waals surface area contributed by atoms with Crippen LogP contribution in [0.2, 0.25) is 0 Å². The summed E-state index contributed by atoms with van der Waals surface area (Å²) in [6.45, 7) is 0. The second kappa shape index (κ2) is 3.89. The molecule has 0 unspecified atom stereocenters. The number of carbonyl (C=O) groups is 1. The number of aromatic hydroxyl groups is 1. The van der Waals surface area contributed by atoms with Crippen LogP contribution < -0.4 is 0 Å². The summed E-state index contributed by atoms with van der Waals surface area (Å²) in [7, 11) is 1.46. The third-order valence-corrected chi connectivity index (χ3v) is 2.36. The van der Waals surface area contributed by atoms with Crippen LogP contribution in [0.5, 0.6) is 5.75 Å². The van der Waals surface area contributed by atoms with Crippen LogP contribution >= 0.6 is 0 Å². The number of nitrogens with zero attached hydrogens (tertiary/aromatic N) is 2. The second-order valence-electron chi connectivity index (χ2n) is 3.48. The highest BCUT2D eigenvalue weighted by Crippen LogP contribution is 2.30. The van der Waals surface area contributed by atoms with Crippen LogP contribution in [-0.4, -0.2) is 26.0 Å². The maximum absolute atomic E-state index is 13.1. The van der Waals surface area contributed by atoms with Gasteiger partial charge in [-0.15, -0.1) is 0 Å². The summed E-state index contributed by atoms with van der Waals surface area (Å²) >= 11 is 0. The standard InChI is InChI=1S/C11H9FN2O3/c1-14-9(11(16)17)5-8(13-14)6-3-2-4-7(12)10(6)15/h2-5,15H,1H3,(H,16,17). The molecule has 1 heterocycles. The van der Waals surface area contributed by atoms with Crippen molar-refractivity contribution in [2.45, 2.75) is 0 Å². The van der Waals surface area contributed by atoms with Crippen molar-refractivity contribution >= 4 is 5.97 Å². The monoisotopic (exact) mass is 236 g/mol. The van der Waals surface area contributed by atoms with Crippen LogP contribution in [0.3, 0.4) is 0 Å². The van der Waals surface area contributed by atoms with Crippen molar-refractivity contribution in [3.05, 3.63) is 35.8 Å². The number of para-hydroxylation sites is 1. The molecule has 0 atom stereocenters. The number of hydrogen-bond donors (Lipinski definition) is 2. The molecule has 5 nitrogen and oxygen atoms in total. The minimum atomic E-state index is -1.14. The van der Waals surface area contributed by atoms with Crippen LogP contribution in [0.4, 0.5) is 4.39 Å². The molecule has 0 spiro atoms. The van der Waals surface area contributed by atoms with Crippen molar-refractivity contribution in [3.8, 4) is 17.0 Å². The molecule has 1 aromatic carbocycles. The van der Waals surface area contributed by atoms with Gasteiger partial charge < -0.3 is 10.2 Å². The molecule has 17 heavy (non-hydrogen) atoms. The molecule has 88 valence electrons. The first kappa shape index (κ1) is 11.1.